The van der Waals surface area contributed by atoms with Crippen molar-refractivity contribution in [3.8, 4) is 0 Å². The topological polar surface area (TPSA) is 116 Å². The highest BCUT2D eigenvalue weighted by molar-refractivity contribution is 7.89. The van der Waals surface area contributed by atoms with E-state index in [0.29, 0.717) is 16.8 Å². The maximum absolute atomic E-state index is 13.2. The molecule has 4 amide bonds. The van der Waals surface area contributed by atoms with Crippen LogP contribution < -0.4 is 10.6 Å². The van der Waals surface area contributed by atoms with Crippen LogP contribution >= 0.6 is 0 Å². The molecule has 4 rings (SSSR count). The van der Waals surface area contributed by atoms with Crippen LogP contribution in [0.5, 0.6) is 0 Å². The molecule has 1 unspecified atom stereocenters. The van der Waals surface area contributed by atoms with Gasteiger partial charge in [-0.15, -0.1) is 0 Å². The molecule has 1 heterocycles. The fourth-order valence-electron chi connectivity index (χ4n) is 4.36. The molecule has 0 saturated carbocycles. The molecule has 2 aromatic carbocycles. The van der Waals surface area contributed by atoms with Crippen LogP contribution in [0.3, 0.4) is 0 Å². The number of urea groups is 1. The first kappa shape index (κ1) is 23.9. The standard InChI is InChI=1S/C24H28N4O5S/c1-15-8-11-19(34(32,33)27(3)4)13-20(15)25-21(29)14-28-22(30)24(2,26-23(28)31)18-10-9-16-6-5-7-17(16)12-18/h8-13H,5-7,14H2,1-4H3,(H,25,29)(H,26,31). The van der Waals surface area contributed by atoms with E-state index in [1.54, 1.807) is 19.9 Å². The van der Waals surface area contributed by atoms with E-state index >= 15 is 0 Å². The molecule has 180 valence electrons. The fourth-order valence-corrected chi connectivity index (χ4v) is 5.29. The highest BCUT2D eigenvalue weighted by Gasteiger charge is 2.49. The summed E-state index contributed by atoms with van der Waals surface area (Å²) in [5, 5.41) is 5.37. The van der Waals surface area contributed by atoms with Crippen molar-refractivity contribution in [1.82, 2.24) is 14.5 Å². The average molecular weight is 485 g/mol. The second kappa shape index (κ2) is 8.52. The van der Waals surface area contributed by atoms with Gasteiger partial charge in [-0.25, -0.2) is 17.5 Å². The van der Waals surface area contributed by atoms with Gasteiger partial charge >= 0.3 is 6.03 Å². The third kappa shape index (κ3) is 4.07. The van der Waals surface area contributed by atoms with E-state index in [1.807, 2.05) is 18.2 Å². The molecule has 2 aromatic rings. The Morgan fingerprint density at radius 3 is 2.53 bits per heavy atom. The molecule has 1 aliphatic heterocycles. The van der Waals surface area contributed by atoms with Crippen LogP contribution in [0.15, 0.2) is 41.3 Å². The number of hydrogen-bond acceptors (Lipinski definition) is 5. The quantitative estimate of drug-likeness (QED) is 0.610. The number of hydrogen-bond donors (Lipinski definition) is 2. The molecular formula is C24H28N4O5S. The number of amides is 4. The first-order chi connectivity index (χ1) is 15.9. The Labute approximate surface area is 199 Å². The van der Waals surface area contributed by atoms with Gasteiger partial charge in [-0.2, -0.15) is 0 Å². The Morgan fingerprint density at radius 1 is 1.12 bits per heavy atom. The fraction of sp³-hybridized carbons (Fsp3) is 0.375. The monoisotopic (exact) mass is 484 g/mol. The van der Waals surface area contributed by atoms with Crippen molar-refractivity contribution in [2.24, 2.45) is 0 Å². The molecule has 1 fully saturated rings. The maximum Gasteiger partial charge on any atom is 0.325 e. The highest BCUT2D eigenvalue weighted by atomic mass is 32.2. The normalized spacial score (nSPS) is 20.0. The second-order valence-electron chi connectivity index (χ2n) is 9.10. The van der Waals surface area contributed by atoms with E-state index in [9.17, 15) is 22.8 Å². The maximum atomic E-state index is 13.2. The zero-order valence-corrected chi connectivity index (χ0v) is 20.5. The third-order valence-electron chi connectivity index (χ3n) is 6.51. The Balaban J connectivity index is 1.52. The minimum absolute atomic E-state index is 0.0255. The van der Waals surface area contributed by atoms with Gasteiger partial charge in [0.1, 0.15) is 12.1 Å². The lowest BCUT2D eigenvalue weighted by atomic mass is 9.89. The molecule has 1 saturated heterocycles. The summed E-state index contributed by atoms with van der Waals surface area (Å²) < 4.78 is 25.9. The van der Waals surface area contributed by atoms with Crippen LogP contribution in [0.1, 0.15) is 35.6 Å². The smallest absolute Gasteiger partial charge is 0.324 e. The lowest BCUT2D eigenvalue weighted by Gasteiger charge is -2.23. The third-order valence-corrected chi connectivity index (χ3v) is 8.33. The lowest BCUT2D eigenvalue weighted by Crippen LogP contribution is -2.42. The van der Waals surface area contributed by atoms with Gasteiger partial charge in [0.15, 0.2) is 0 Å². The number of benzene rings is 2. The van der Waals surface area contributed by atoms with E-state index in [0.717, 1.165) is 28.5 Å². The number of rotatable bonds is 6. The van der Waals surface area contributed by atoms with Gasteiger partial charge in [-0.05, 0) is 67.5 Å². The first-order valence-corrected chi connectivity index (χ1v) is 12.5. The average Bonchev–Trinajstić information content (AvgIpc) is 3.33. The van der Waals surface area contributed by atoms with Gasteiger partial charge in [0.05, 0.1) is 4.90 Å². The van der Waals surface area contributed by atoms with Crippen LogP contribution in [0.25, 0.3) is 0 Å². The van der Waals surface area contributed by atoms with E-state index in [-0.39, 0.29) is 4.90 Å². The van der Waals surface area contributed by atoms with E-state index < -0.39 is 40.0 Å². The van der Waals surface area contributed by atoms with Crippen LogP contribution in [0.4, 0.5) is 10.5 Å². The number of nitrogens with zero attached hydrogens (tertiary/aromatic N) is 2. The first-order valence-electron chi connectivity index (χ1n) is 11.0. The summed E-state index contributed by atoms with van der Waals surface area (Å²) in [6.07, 6.45) is 3.02. The zero-order valence-electron chi connectivity index (χ0n) is 19.6. The van der Waals surface area contributed by atoms with Crippen molar-refractivity contribution in [2.75, 3.05) is 26.0 Å². The molecule has 0 radical (unpaired) electrons. The number of carbonyl (C=O) groups excluding carboxylic acids is 3. The van der Waals surface area contributed by atoms with Gasteiger partial charge in [0.25, 0.3) is 5.91 Å². The predicted octanol–water partition coefficient (Wildman–Crippen LogP) is 2.14. The van der Waals surface area contributed by atoms with Gasteiger partial charge in [0.2, 0.25) is 15.9 Å². The van der Waals surface area contributed by atoms with Crippen LogP contribution in [-0.4, -0.2) is 56.1 Å². The Morgan fingerprint density at radius 2 is 1.82 bits per heavy atom. The summed E-state index contributed by atoms with van der Waals surface area (Å²) in [6, 6.07) is 9.57. The van der Waals surface area contributed by atoms with Gasteiger partial charge in [-0.3, -0.25) is 14.5 Å². The molecule has 1 atom stereocenters. The minimum atomic E-state index is -3.69. The number of nitrogens with one attached hydrogen (secondary N) is 2. The van der Waals surface area contributed by atoms with Crippen molar-refractivity contribution >= 4 is 33.6 Å². The predicted molar refractivity (Wildman–Crippen MR) is 127 cm³/mol. The number of carbonyl (C=O) groups is 3. The Hall–Kier alpha value is -3.24. The highest BCUT2D eigenvalue weighted by Crippen LogP contribution is 2.32. The molecule has 0 bridgehead atoms. The summed E-state index contributed by atoms with van der Waals surface area (Å²) in [5.41, 5.74) is 2.80. The SMILES string of the molecule is Cc1ccc(S(=O)(=O)N(C)C)cc1NC(=O)CN1C(=O)NC(C)(c2ccc3c(c2)CCC3)C1=O. The molecule has 0 aromatic heterocycles. The van der Waals surface area contributed by atoms with Crippen molar-refractivity contribution in [2.45, 2.75) is 43.5 Å². The van der Waals surface area contributed by atoms with Crippen molar-refractivity contribution in [3.63, 3.8) is 0 Å². The Kier molecular flexibility index (Phi) is 5.99. The minimum Gasteiger partial charge on any atom is -0.324 e. The molecular weight excluding hydrogens is 456 g/mol. The van der Waals surface area contributed by atoms with Crippen molar-refractivity contribution < 1.29 is 22.8 Å². The van der Waals surface area contributed by atoms with Gasteiger partial charge < -0.3 is 10.6 Å². The second-order valence-corrected chi connectivity index (χ2v) is 11.2. The number of anilines is 1. The van der Waals surface area contributed by atoms with E-state index in [2.05, 4.69) is 10.6 Å². The summed E-state index contributed by atoms with van der Waals surface area (Å²) in [7, 11) is -0.850. The lowest BCUT2D eigenvalue weighted by molar-refractivity contribution is -0.133. The van der Waals surface area contributed by atoms with Crippen LogP contribution in [-0.2, 0) is 38.0 Å². The Bertz CT molecular complexity index is 1300. The van der Waals surface area contributed by atoms with Gasteiger partial charge in [-0.1, -0.05) is 24.3 Å². The number of sulfonamides is 1. The summed E-state index contributed by atoms with van der Waals surface area (Å²) in [5.74, 6) is -1.12. The summed E-state index contributed by atoms with van der Waals surface area (Å²) in [6.45, 7) is 2.87. The molecule has 0 spiro atoms. The number of fused-ring (bicyclic) bond motifs is 1. The van der Waals surface area contributed by atoms with Crippen LogP contribution in [0, 0.1) is 6.92 Å². The van der Waals surface area contributed by atoms with Crippen molar-refractivity contribution in [1.29, 1.82) is 0 Å². The van der Waals surface area contributed by atoms with Gasteiger partial charge in [0, 0.05) is 19.8 Å². The summed E-state index contributed by atoms with van der Waals surface area (Å²) in [4.78, 5) is 39.6. The number of imide groups is 1. The summed E-state index contributed by atoms with van der Waals surface area (Å²) >= 11 is 0. The molecule has 2 aliphatic rings. The molecule has 34 heavy (non-hydrogen) atoms. The van der Waals surface area contributed by atoms with E-state index in [4.69, 9.17) is 0 Å². The molecule has 1 aliphatic carbocycles. The number of aryl methyl sites for hydroxylation is 3. The van der Waals surface area contributed by atoms with Crippen molar-refractivity contribution in [3.05, 3.63) is 58.7 Å². The molecule has 10 heteroatoms. The van der Waals surface area contributed by atoms with Crippen LogP contribution in [0.2, 0.25) is 0 Å². The molecule has 9 nitrogen and oxygen atoms in total. The molecule has 2 N–H and O–H groups in total. The largest absolute Gasteiger partial charge is 0.325 e. The van der Waals surface area contributed by atoms with E-state index in [1.165, 1.54) is 37.4 Å². The zero-order chi connectivity index (χ0) is 24.8.